The number of amides is 2. The first-order valence-electron chi connectivity index (χ1n) is 14.5. The standard InChI is InChI=1S/C33H36N4O7.ClH/c1-20-28(42-2)9-10-29(44-14-13-43-12-11-38)30(20)31(39)21-3-5-22(6-4-21)32(40)36-26-18-35-19-27(26)37-33(41)23-7-8-24-16-34-17-25(24)15-23;/h3-10,15-16,26-27,35,38H,11-14,17-19H2,1-2H3,(H,36,40)(H,37,41);1H/t26-,27-;/m1./s1. The molecule has 238 valence electrons. The van der Waals surface area contributed by atoms with Crippen LogP contribution in [-0.4, -0.2) is 87.6 Å². The summed E-state index contributed by atoms with van der Waals surface area (Å²) in [5, 5.41) is 18.2. The van der Waals surface area contributed by atoms with Crippen LogP contribution in [0.4, 0.5) is 0 Å². The van der Waals surface area contributed by atoms with Crippen molar-refractivity contribution in [3.8, 4) is 11.5 Å². The van der Waals surface area contributed by atoms with Crippen molar-refractivity contribution in [3.05, 3.63) is 93.5 Å². The molecule has 3 aromatic rings. The predicted octanol–water partition coefficient (Wildman–Crippen LogP) is 2.48. The van der Waals surface area contributed by atoms with E-state index in [2.05, 4.69) is 20.9 Å². The smallest absolute Gasteiger partial charge is 0.251 e. The first-order chi connectivity index (χ1) is 21.4. The zero-order valence-corrected chi connectivity index (χ0v) is 25.9. The number of ether oxygens (including phenoxy) is 3. The molecule has 5 rings (SSSR count). The Bertz CT molecular complexity index is 1560. The maximum Gasteiger partial charge on any atom is 0.251 e. The fraction of sp³-hybridized carbons (Fsp3) is 0.333. The first-order valence-corrected chi connectivity index (χ1v) is 14.5. The minimum atomic E-state index is -0.314. The number of aliphatic hydroxyl groups excluding tert-OH is 1. The minimum absolute atomic E-state index is 0. The van der Waals surface area contributed by atoms with Gasteiger partial charge in [-0.3, -0.25) is 19.4 Å². The molecule has 0 spiro atoms. The molecule has 11 nitrogen and oxygen atoms in total. The molecule has 4 N–H and O–H groups in total. The zero-order chi connectivity index (χ0) is 31.1. The number of methoxy groups -OCH3 is 1. The highest BCUT2D eigenvalue weighted by Gasteiger charge is 2.30. The second-order valence-electron chi connectivity index (χ2n) is 10.6. The van der Waals surface area contributed by atoms with E-state index in [1.165, 1.54) is 7.11 Å². The molecule has 2 atom stereocenters. The van der Waals surface area contributed by atoms with Crippen LogP contribution in [0.3, 0.4) is 0 Å². The SMILES string of the molecule is COc1ccc(OCCOCCO)c(C(=O)c2ccc(C(=O)N[C@@H]3CNC[C@H]3NC(=O)c3ccc4c(c3)CN=C4)cc2)c1C.Cl. The number of fused-ring (bicyclic) bond motifs is 1. The average molecular weight is 637 g/mol. The minimum Gasteiger partial charge on any atom is -0.496 e. The van der Waals surface area contributed by atoms with Crippen LogP contribution < -0.4 is 25.4 Å². The van der Waals surface area contributed by atoms with Gasteiger partial charge in [0.25, 0.3) is 11.8 Å². The van der Waals surface area contributed by atoms with Gasteiger partial charge in [0.1, 0.15) is 18.1 Å². The molecule has 2 aliphatic heterocycles. The highest BCUT2D eigenvalue weighted by atomic mass is 35.5. The van der Waals surface area contributed by atoms with Gasteiger partial charge in [0.2, 0.25) is 0 Å². The van der Waals surface area contributed by atoms with Crippen LogP contribution in [0.25, 0.3) is 0 Å². The molecule has 1 saturated heterocycles. The van der Waals surface area contributed by atoms with Gasteiger partial charge in [-0.25, -0.2) is 0 Å². The van der Waals surface area contributed by atoms with Crippen LogP contribution in [0.2, 0.25) is 0 Å². The molecule has 2 heterocycles. The number of hydrogen-bond donors (Lipinski definition) is 4. The monoisotopic (exact) mass is 636 g/mol. The molecule has 12 heteroatoms. The number of carbonyl (C=O) groups excluding carboxylic acids is 3. The van der Waals surface area contributed by atoms with Crippen molar-refractivity contribution in [1.29, 1.82) is 0 Å². The van der Waals surface area contributed by atoms with Crippen molar-refractivity contribution < 1.29 is 33.7 Å². The van der Waals surface area contributed by atoms with Crippen LogP contribution in [0.5, 0.6) is 11.5 Å². The highest BCUT2D eigenvalue weighted by molar-refractivity contribution is 6.12. The number of nitrogens with zero attached hydrogens (tertiary/aromatic N) is 1. The topological polar surface area (TPSA) is 148 Å². The number of nitrogens with one attached hydrogen (secondary N) is 3. The molecule has 0 radical (unpaired) electrons. The van der Waals surface area contributed by atoms with Crippen LogP contribution >= 0.6 is 12.4 Å². The van der Waals surface area contributed by atoms with Gasteiger partial charge in [-0.2, -0.15) is 0 Å². The normalized spacial score (nSPS) is 16.4. The lowest BCUT2D eigenvalue weighted by Gasteiger charge is -2.21. The van der Waals surface area contributed by atoms with Crippen molar-refractivity contribution in [2.75, 3.05) is 46.6 Å². The summed E-state index contributed by atoms with van der Waals surface area (Å²) in [6.45, 7) is 3.96. The van der Waals surface area contributed by atoms with Gasteiger partial charge in [0.15, 0.2) is 5.78 Å². The molecule has 45 heavy (non-hydrogen) atoms. The van der Waals surface area contributed by atoms with Crippen LogP contribution in [0.15, 0.2) is 59.6 Å². The Kier molecular flexibility index (Phi) is 11.7. The predicted molar refractivity (Wildman–Crippen MR) is 171 cm³/mol. The van der Waals surface area contributed by atoms with Crippen LogP contribution in [0, 0.1) is 6.92 Å². The lowest BCUT2D eigenvalue weighted by atomic mass is 9.96. The van der Waals surface area contributed by atoms with Gasteiger partial charge < -0.3 is 35.3 Å². The number of ketones is 1. The highest BCUT2D eigenvalue weighted by Crippen LogP contribution is 2.32. The Balaban J connectivity index is 0.00000461. The van der Waals surface area contributed by atoms with Gasteiger partial charge in [-0.05, 0) is 54.4 Å². The summed E-state index contributed by atoms with van der Waals surface area (Å²) in [6, 6.07) is 14.7. The largest absolute Gasteiger partial charge is 0.496 e. The van der Waals surface area contributed by atoms with E-state index >= 15 is 0 Å². The van der Waals surface area contributed by atoms with Crippen LogP contribution in [-0.2, 0) is 11.3 Å². The molecule has 3 aromatic carbocycles. The summed E-state index contributed by atoms with van der Waals surface area (Å²) in [4.78, 5) is 44.0. The summed E-state index contributed by atoms with van der Waals surface area (Å²) in [7, 11) is 1.53. The van der Waals surface area contributed by atoms with Crippen molar-refractivity contribution in [2.45, 2.75) is 25.6 Å². The molecular formula is C33H37ClN4O7. The van der Waals surface area contributed by atoms with Gasteiger partial charge in [-0.1, -0.05) is 18.2 Å². The van der Waals surface area contributed by atoms with E-state index < -0.39 is 0 Å². The van der Waals surface area contributed by atoms with Crippen molar-refractivity contribution in [1.82, 2.24) is 16.0 Å². The van der Waals surface area contributed by atoms with Gasteiger partial charge in [0, 0.05) is 41.6 Å². The average Bonchev–Trinajstić information content (AvgIpc) is 3.69. The Labute approximate surface area is 267 Å². The summed E-state index contributed by atoms with van der Waals surface area (Å²) in [6.07, 6.45) is 1.80. The van der Waals surface area contributed by atoms with E-state index in [-0.39, 0.29) is 68.5 Å². The molecule has 0 unspecified atom stereocenters. The molecule has 2 aliphatic rings. The second kappa shape index (κ2) is 15.6. The van der Waals surface area contributed by atoms with E-state index in [0.717, 1.165) is 11.1 Å². The Morgan fingerprint density at radius 2 is 1.53 bits per heavy atom. The number of aliphatic hydroxyl groups is 1. The maximum atomic E-state index is 13.6. The maximum absolute atomic E-state index is 13.6. The Morgan fingerprint density at radius 1 is 0.889 bits per heavy atom. The van der Waals surface area contributed by atoms with Gasteiger partial charge in [0.05, 0.1) is 51.1 Å². The van der Waals surface area contributed by atoms with Crippen LogP contribution in [0.1, 0.15) is 53.3 Å². The number of rotatable bonds is 13. The number of carbonyl (C=O) groups is 3. The van der Waals surface area contributed by atoms with E-state index in [0.29, 0.717) is 59.0 Å². The summed E-state index contributed by atoms with van der Waals surface area (Å²) < 4.78 is 16.5. The number of halogens is 1. The first kappa shape index (κ1) is 33.6. The third kappa shape index (κ3) is 7.87. The summed E-state index contributed by atoms with van der Waals surface area (Å²) in [5.74, 6) is 0.143. The third-order valence-corrected chi connectivity index (χ3v) is 7.70. The van der Waals surface area contributed by atoms with E-state index in [1.54, 1.807) is 55.6 Å². The molecule has 1 fully saturated rings. The van der Waals surface area contributed by atoms with Gasteiger partial charge >= 0.3 is 0 Å². The van der Waals surface area contributed by atoms with Crippen molar-refractivity contribution in [3.63, 3.8) is 0 Å². The molecule has 0 aliphatic carbocycles. The summed E-state index contributed by atoms with van der Waals surface area (Å²) >= 11 is 0. The van der Waals surface area contributed by atoms with Crippen molar-refractivity contribution in [2.24, 2.45) is 4.99 Å². The Hall–Kier alpha value is -4.29. The van der Waals surface area contributed by atoms with E-state index in [1.807, 2.05) is 12.1 Å². The quantitative estimate of drug-likeness (QED) is 0.165. The molecule has 0 bridgehead atoms. The number of hydrogen-bond acceptors (Lipinski definition) is 9. The molecule has 0 aromatic heterocycles. The zero-order valence-electron chi connectivity index (χ0n) is 25.1. The second-order valence-corrected chi connectivity index (χ2v) is 10.6. The van der Waals surface area contributed by atoms with Crippen molar-refractivity contribution >= 4 is 36.2 Å². The molecule has 0 saturated carbocycles. The fourth-order valence-corrected chi connectivity index (χ4v) is 5.32. The molecule has 2 amide bonds. The lowest BCUT2D eigenvalue weighted by Crippen LogP contribution is -2.51. The third-order valence-electron chi connectivity index (χ3n) is 7.70. The fourth-order valence-electron chi connectivity index (χ4n) is 5.32. The molecular weight excluding hydrogens is 600 g/mol. The summed E-state index contributed by atoms with van der Waals surface area (Å²) in [5.41, 5.74) is 4.35. The Morgan fingerprint density at radius 3 is 2.22 bits per heavy atom. The van der Waals surface area contributed by atoms with E-state index in [4.69, 9.17) is 19.3 Å². The van der Waals surface area contributed by atoms with E-state index in [9.17, 15) is 14.4 Å². The lowest BCUT2D eigenvalue weighted by molar-refractivity contribution is 0.0701. The number of benzene rings is 3. The number of aliphatic imine (C=N–C) groups is 1. The van der Waals surface area contributed by atoms with Gasteiger partial charge in [-0.15, -0.1) is 12.4 Å².